The first-order valence-electron chi connectivity index (χ1n) is 6.48. The molecule has 0 spiro atoms. The highest BCUT2D eigenvalue weighted by atomic mass is 19.4. The van der Waals surface area contributed by atoms with Gasteiger partial charge in [-0.2, -0.15) is 13.2 Å². The Labute approximate surface area is 114 Å². The molecule has 5 nitrogen and oxygen atoms in total. The minimum absolute atomic E-state index is 0.0550. The first kappa shape index (κ1) is 15.1. The fourth-order valence-electron chi connectivity index (χ4n) is 3.01. The number of nitrogens with one attached hydrogen (secondary N) is 1. The largest absolute Gasteiger partial charge is 0.480 e. The highest BCUT2D eigenvalue weighted by Gasteiger charge is 2.64. The summed E-state index contributed by atoms with van der Waals surface area (Å²) in [4.78, 5) is 24.7. The number of alkyl halides is 3. The lowest BCUT2D eigenvalue weighted by Gasteiger charge is -2.39. The van der Waals surface area contributed by atoms with Crippen molar-refractivity contribution < 1.29 is 27.9 Å². The number of halogens is 3. The Morgan fingerprint density at radius 1 is 1.30 bits per heavy atom. The Hall–Kier alpha value is -1.31. The molecule has 2 fully saturated rings. The number of hydrogen-bond acceptors (Lipinski definition) is 3. The maximum atomic E-state index is 13.3. The van der Waals surface area contributed by atoms with Crippen molar-refractivity contribution in [3.63, 3.8) is 0 Å². The van der Waals surface area contributed by atoms with Crippen LogP contribution >= 0.6 is 0 Å². The summed E-state index contributed by atoms with van der Waals surface area (Å²) in [6.45, 7) is 0.983. The van der Waals surface area contributed by atoms with Crippen molar-refractivity contribution in [3.8, 4) is 0 Å². The van der Waals surface area contributed by atoms with E-state index in [0.29, 0.717) is 6.42 Å². The van der Waals surface area contributed by atoms with Gasteiger partial charge in [0.1, 0.15) is 5.54 Å². The Kier molecular flexibility index (Phi) is 3.48. The molecule has 0 aromatic rings. The number of amides is 1. The normalized spacial score (nSPS) is 34.5. The third-order valence-electron chi connectivity index (χ3n) is 4.45. The van der Waals surface area contributed by atoms with Gasteiger partial charge in [-0.05, 0) is 32.7 Å². The topological polar surface area (TPSA) is 69.6 Å². The van der Waals surface area contributed by atoms with Crippen LogP contribution in [0.2, 0.25) is 0 Å². The predicted molar refractivity (Wildman–Crippen MR) is 63.0 cm³/mol. The Morgan fingerprint density at radius 3 is 2.40 bits per heavy atom. The van der Waals surface area contributed by atoms with Gasteiger partial charge >= 0.3 is 12.1 Å². The molecule has 2 atom stereocenters. The second-order valence-corrected chi connectivity index (χ2v) is 5.65. The summed E-state index contributed by atoms with van der Waals surface area (Å²) in [6, 6.07) is 0. The van der Waals surface area contributed by atoms with Crippen LogP contribution in [0, 0.1) is 5.41 Å². The summed E-state index contributed by atoms with van der Waals surface area (Å²) in [7, 11) is 0. The number of hydrogen-bond donors (Lipinski definition) is 2. The molecule has 0 radical (unpaired) electrons. The summed E-state index contributed by atoms with van der Waals surface area (Å²) >= 11 is 0. The summed E-state index contributed by atoms with van der Waals surface area (Å²) in [5, 5.41) is 11.8. The molecule has 2 heterocycles. The van der Waals surface area contributed by atoms with E-state index in [1.165, 1.54) is 6.92 Å². The minimum Gasteiger partial charge on any atom is -0.480 e. The molecule has 0 aliphatic carbocycles. The SMILES string of the molecule is CC1(C(=O)O)CCCN1C(=O)C1(C(F)(F)F)CCNC1. The molecule has 0 aromatic heterocycles. The molecule has 0 bridgehead atoms. The van der Waals surface area contributed by atoms with Gasteiger partial charge in [-0.3, -0.25) is 4.79 Å². The standard InChI is InChI=1S/C12H17F3N2O3/c1-10(9(19)20)3-2-6-17(10)8(18)11(12(13,14)15)4-5-16-7-11/h16H,2-7H2,1H3,(H,19,20). The molecule has 2 N–H and O–H groups in total. The Bertz CT molecular complexity index is 432. The van der Waals surface area contributed by atoms with Crippen LogP contribution in [0.1, 0.15) is 26.2 Å². The zero-order valence-corrected chi connectivity index (χ0v) is 11.1. The number of carbonyl (C=O) groups excluding carboxylic acids is 1. The predicted octanol–water partition coefficient (Wildman–Crippen LogP) is 0.994. The summed E-state index contributed by atoms with van der Waals surface area (Å²) in [6.07, 6.45) is -4.46. The molecule has 114 valence electrons. The number of likely N-dealkylation sites (tertiary alicyclic amines) is 1. The van der Waals surface area contributed by atoms with Crippen molar-refractivity contribution in [2.45, 2.75) is 37.9 Å². The average molecular weight is 294 g/mol. The van der Waals surface area contributed by atoms with Gasteiger partial charge in [0.25, 0.3) is 0 Å². The van der Waals surface area contributed by atoms with E-state index in [9.17, 15) is 27.9 Å². The molecule has 1 amide bonds. The molecule has 0 aromatic carbocycles. The Balaban J connectivity index is 2.36. The van der Waals surface area contributed by atoms with E-state index < -0.39 is 35.6 Å². The molecule has 2 saturated heterocycles. The van der Waals surface area contributed by atoms with E-state index in [4.69, 9.17) is 0 Å². The molecule has 2 unspecified atom stereocenters. The van der Waals surface area contributed by atoms with Crippen molar-refractivity contribution in [2.75, 3.05) is 19.6 Å². The third-order valence-corrected chi connectivity index (χ3v) is 4.45. The number of rotatable bonds is 2. The van der Waals surface area contributed by atoms with Gasteiger partial charge in [-0.15, -0.1) is 0 Å². The lowest BCUT2D eigenvalue weighted by molar-refractivity contribution is -0.224. The van der Waals surface area contributed by atoms with Crippen molar-refractivity contribution >= 4 is 11.9 Å². The highest BCUT2D eigenvalue weighted by molar-refractivity contribution is 5.91. The lowest BCUT2D eigenvalue weighted by Crippen LogP contribution is -2.60. The number of carboxylic acid groups (broad SMARTS) is 1. The molecule has 2 aliphatic heterocycles. The van der Waals surface area contributed by atoms with Gasteiger partial charge in [-0.25, -0.2) is 4.79 Å². The van der Waals surface area contributed by atoms with Crippen LogP contribution in [0.15, 0.2) is 0 Å². The average Bonchev–Trinajstić information content (AvgIpc) is 2.94. The maximum absolute atomic E-state index is 13.3. The van der Waals surface area contributed by atoms with E-state index in [1.807, 2.05) is 0 Å². The molecule has 2 rings (SSSR count). The summed E-state index contributed by atoms with van der Waals surface area (Å²) in [5.74, 6) is -2.37. The van der Waals surface area contributed by atoms with E-state index in [-0.39, 0.29) is 25.9 Å². The maximum Gasteiger partial charge on any atom is 0.404 e. The van der Waals surface area contributed by atoms with Gasteiger partial charge in [0.05, 0.1) is 0 Å². The van der Waals surface area contributed by atoms with Gasteiger partial charge in [-0.1, -0.05) is 0 Å². The van der Waals surface area contributed by atoms with Gasteiger partial charge in [0.2, 0.25) is 5.91 Å². The summed E-state index contributed by atoms with van der Waals surface area (Å²) in [5.41, 5.74) is -4.04. The van der Waals surface area contributed by atoms with Crippen molar-refractivity contribution in [3.05, 3.63) is 0 Å². The zero-order chi connectivity index (χ0) is 15.2. The fourth-order valence-corrected chi connectivity index (χ4v) is 3.01. The van der Waals surface area contributed by atoms with Crippen molar-refractivity contribution in [2.24, 2.45) is 5.41 Å². The van der Waals surface area contributed by atoms with Gasteiger partial charge < -0.3 is 15.3 Å². The summed E-state index contributed by atoms with van der Waals surface area (Å²) < 4.78 is 40.0. The molecule has 20 heavy (non-hydrogen) atoms. The van der Waals surface area contributed by atoms with E-state index in [0.717, 1.165) is 4.90 Å². The van der Waals surface area contributed by atoms with Gasteiger partial charge in [0, 0.05) is 13.1 Å². The quantitative estimate of drug-likeness (QED) is 0.797. The molecule has 0 saturated carbocycles. The second kappa shape index (κ2) is 4.61. The lowest BCUT2D eigenvalue weighted by atomic mass is 9.83. The van der Waals surface area contributed by atoms with Crippen LogP contribution in [-0.2, 0) is 9.59 Å². The highest BCUT2D eigenvalue weighted by Crippen LogP contribution is 2.46. The van der Waals surface area contributed by atoms with Crippen LogP contribution in [0.5, 0.6) is 0 Å². The zero-order valence-electron chi connectivity index (χ0n) is 11.1. The van der Waals surface area contributed by atoms with Crippen LogP contribution < -0.4 is 5.32 Å². The van der Waals surface area contributed by atoms with Crippen molar-refractivity contribution in [1.82, 2.24) is 10.2 Å². The second-order valence-electron chi connectivity index (χ2n) is 5.65. The van der Waals surface area contributed by atoms with E-state index >= 15 is 0 Å². The van der Waals surface area contributed by atoms with Crippen LogP contribution in [-0.4, -0.2) is 53.2 Å². The number of carboxylic acids is 1. The number of nitrogens with zero attached hydrogens (tertiary/aromatic N) is 1. The molecule has 8 heteroatoms. The van der Waals surface area contributed by atoms with Crippen LogP contribution in [0.25, 0.3) is 0 Å². The number of carbonyl (C=O) groups is 2. The number of aliphatic carboxylic acids is 1. The molecular formula is C12H17F3N2O3. The first-order chi connectivity index (χ1) is 9.15. The Morgan fingerprint density at radius 2 is 1.95 bits per heavy atom. The minimum atomic E-state index is -4.68. The van der Waals surface area contributed by atoms with E-state index in [2.05, 4.69) is 5.32 Å². The van der Waals surface area contributed by atoms with E-state index in [1.54, 1.807) is 0 Å². The van der Waals surface area contributed by atoms with Crippen LogP contribution in [0.4, 0.5) is 13.2 Å². The third kappa shape index (κ3) is 1.97. The van der Waals surface area contributed by atoms with Crippen LogP contribution in [0.3, 0.4) is 0 Å². The first-order valence-corrected chi connectivity index (χ1v) is 6.48. The fraction of sp³-hybridized carbons (Fsp3) is 0.833. The smallest absolute Gasteiger partial charge is 0.404 e. The monoisotopic (exact) mass is 294 g/mol. The molecule has 2 aliphatic rings. The van der Waals surface area contributed by atoms with Crippen molar-refractivity contribution in [1.29, 1.82) is 0 Å². The molecular weight excluding hydrogens is 277 g/mol. The van der Waals surface area contributed by atoms with Gasteiger partial charge in [0.15, 0.2) is 5.41 Å².